The van der Waals surface area contributed by atoms with Crippen molar-refractivity contribution in [2.45, 2.75) is 29.7 Å². The molecular weight excluding hydrogens is 556 g/mol. The van der Waals surface area contributed by atoms with Crippen LogP contribution in [-0.2, 0) is 20.9 Å². The van der Waals surface area contributed by atoms with E-state index in [0.29, 0.717) is 21.4 Å². The molecular formula is C27H20N4O7S2. The summed E-state index contributed by atoms with van der Waals surface area (Å²) in [6.07, 6.45) is 1.45. The summed E-state index contributed by atoms with van der Waals surface area (Å²) in [6, 6.07) is 15.8. The van der Waals surface area contributed by atoms with Gasteiger partial charge in [-0.3, -0.25) is 33.9 Å². The average Bonchev–Trinajstić information content (AvgIpc) is 3.63. The number of thiazole rings is 1. The van der Waals surface area contributed by atoms with Gasteiger partial charge in [0.05, 0.1) is 38.6 Å². The number of nitro benzene ring substituents is 1. The van der Waals surface area contributed by atoms with Gasteiger partial charge in [-0.15, -0.1) is 0 Å². The number of aromatic nitrogens is 1. The first-order chi connectivity index (χ1) is 19.2. The van der Waals surface area contributed by atoms with E-state index >= 15 is 0 Å². The van der Waals surface area contributed by atoms with E-state index in [9.17, 15) is 29.3 Å². The zero-order valence-corrected chi connectivity index (χ0v) is 22.4. The molecule has 3 atom stereocenters. The Hall–Kier alpha value is -4.49. The predicted octanol–water partition coefficient (Wildman–Crippen LogP) is 4.15. The van der Waals surface area contributed by atoms with Gasteiger partial charge in [0.25, 0.3) is 5.69 Å². The fourth-order valence-electron chi connectivity index (χ4n) is 4.99. The first kappa shape index (κ1) is 25.8. The van der Waals surface area contributed by atoms with Crippen LogP contribution in [0.4, 0.5) is 17.1 Å². The monoisotopic (exact) mass is 576 g/mol. The Kier molecular flexibility index (Phi) is 6.39. The molecule has 4 heterocycles. The van der Waals surface area contributed by atoms with Crippen LogP contribution >= 0.6 is 23.1 Å². The first-order valence-corrected chi connectivity index (χ1v) is 13.8. The summed E-state index contributed by atoms with van der Waals surface area (Å²) < 4.78 is 7.00. The van der Waals surface area contributed by atoms with Crippen molar-refractivity contribution in [3.8, 4) is 0 Å². The fraction of sp³-hybridized carbons (Fsp3) is 0.185. The van der Waals surface area contributed by atoms with E-state index < -0.39 is 39.7 Å². The van der Waals surface area contributed by atoms with E-state index in [2.05, 4.69) is 5.32 Å². The summed E-state index contributed by atoms with van der Waals surface area (Å²) in [5, 5.41) is 13.4. The van der Waals surface area contributed by atoms with Crippen LogP contribution in [0.1, 0.15) is 22.1 Å². The molecule has 4 aromatic rings. The van der Waals surface area contributed by atoms with Crippen molar-refractivity contribution in [1.82, 2.24) is 4.57 Å². The van der Waals surface area contributed by atoms with Crippen molar-refractivity contribution >= 4 is 57.9 Å². The zero-order chi connectivity index (χ0) is 28.1. The Morgan fingerprint density at radius 2 is 1.77 bits per heavy atom. The number of rotatable bonds is 6. The number of anilines is 2. The molecule has 0 spiro atoms. The molecule has 2 aromatic heterocycles. The second-order valence-electron chi connectivity index (χ2n) is 9.38. The van der Waals surface area contributed by atoms with Gasteiger partial charge in [-0.2, -0.15) is 0 Å². The number of hydrogen-bond donors (Lipinski definition) is 1. The standard InChI is InChI=1S/C27H20N4O7S2/c1-14-4-6-15(7-5-14)28-19(32)13-29-26-23(40-27(29)35)20(18-3-2-12-38-18)21-22(39-26)25(34)30(24(21)33)16-8-10-17(11-9-16)31(36)37/h2-12,20-22H,13H2,1H3,(H,28,32). The van der Waals surface area contributed by atoms with Crippen molar-refractivity contribution in [2.24, 2.45) is 5.92 Å². The molecule has 6 rings (SSSR count). The highest BCUT2D eigenvalue weighted by atomic mass is 32.2. The van der Waals surface area contributed by atoms with E-state index in [1.165, 1.54) is 35.1 Å². The van der Waals surface area contributed by atoms with Crippen LogP contribution in [-0.4, -0.2) is 32.5 Å². The van der Waals surface area contributed by atoms with Gasteiger partial charge in [0, 0.05) is 17.8 Å². The summed E-state index contributed by atoms with van der Waals surface area (Å²) in [7, 11) is 0. The highest BCUT2D eigenvalue weighted by Crippen LogP contribution is 2.54. The van der Waals surface area contributed by atoms with Crippen LogP contribution in [0.2, 0.25) is 0 Å². The number of non-ortho nitro benzene ring substituents is 1. The van der Waals surface area contributed by atoms with Gasteiger partial charge in [-0.25, -0.2) is 4.90 Å². The molecule has 1 saturated heterocycles. The number of furan rings is 1. The fourth-order valence-corrected chi connectivity index (χ4v) is 7.74. The van der Waals surface area contributed by atoms with Gasteiger partial charge < -0.3 is 9.73 Å². The number of aryl methyl sites for hydroxylation is 1. The third kappa shape index (κ3) is 4.32. The topological polar surface area (TPSA) is 145 Å². The first-order valence-electron chi connectivity index (χ1n) is 12.2. The summed E-state index contributed by atoms with van der Waals surface area (Å²) in [4.78, 5) is 65.1. The molecule has 3 unspecified atom stereocenters. The number of nitro groups is 1. The highest BCUT2D eigenvalue weighted by molar-refractivity contribution is 8.00. The van der Waals surface area contributed by atoms with Crippen LogP contribution < -0.4 is 15.1 Å². The maximum absolute atomic E-state index is 13.8. The second-order valence-corrected chi connectivity index (χ2v) is 11.5. The van der Waals surface area contributed by atoms with E-state index in [4.69, 9.17) is 4.42 Å². The number of nitrogens with zero attached hydrogens (tertiary/aromatic N) is 3. The molecule has 3 amide bonds. The van der Waals surface area contributed by atoms with Crippen LogP contribution in [0.15, 0.2) is 81.2 Å². The van der Waals surface area contributed by atoms with Crippen LogP contribution in [0.3, 0.4) is 0 Å². The average molecular weight is 577 g/mol. The maximum atomic E-state index is 13.8. The number of carbonyl (C=O) groups excluding carboxylic acids is 3. The summed E-state index contributed by atoms with van der Waals surface area (Å²) in [5.41, 5.74) is 1.67. The molecule has 2 aromatic carbocycles. The van der Waals surface area contributed by atoms with Crippen LogP contribution in [0.25, 0.3) is 0 Å². The van der Waals surface area contributed by atoms with Gasteiger partial charge >= 0.3 is 4.87 Å². The van der Waals surface area contributed by atoms with Crippen molar-refractivity contribution in [1.29, 1.82) is 0 Å². The number of hydrogen-bond acceptors (Lipinski definition) is 9. The van der Waals surface area contributed by atoms with E-state index in [0.717, 1.165) is 33.6 Å². The lowest BCUT2D eigenvalue weighted by Crippen LogP contribution is -2.32. The number of amides is 3. The Balaban J connectivity index is 1.36. The number of thioether (sulfide) groups is 1. The largest absolute Gasteiger partial charge is 0.469 e. The number of nitrogens with one attached hydrogen (secondary N) is 1. The minimum atomic E-state index is -0.897. The van der Waals surface area contributed by atoms with Gasteiger partial charge in [-0.1, -0.05) is 40.8 Å². The Morgan fingerprint density at radius 1 is 1.05 bits per heavy atom. The van der Waals surface area contributed by atoms with Crippen molar-refractivity contribution in [3.05, 3.63) is 103 Å². The van der Waals surface area contributed by atoms with Crippen molar-refractivity contribution < 1.29 is 23.7 Å². The molecule has 2 aliphatic heterocycles. The Bertz CT molecular complexity index is 1710. The number of imide groups is 1. The molecule has 1 N–H and O–H groups in total. The lowest BCUT2D eigenvalue weighted by atomic mass is 9.87. The third-order valence-electron chi connectivity index (χ3n) is 6.85. The molecule has 13 heteroatoms. The molecule has 40 heavy (non-hydrogen) atoms. The van der Waals surface area contributed by atoms with E-state index in [1.807, 2.05) is 19.1 Å². The normalized spacial score (nSPS) is 19.8. The van der Waals surface area contributed by atoms with Gasteiger partial charge in [0.2, 0.25) is 17.7 Å². The summed E-state index contributed by atoms with van der Waals surface area (Å²) in [6.45, 7) is 1.66. The lowest BCUT2D eigenvalue weighted by molar-refractivity contribution is -0.384. The molecule has 0 radical (unpaired) electrons. The molecule has 0 bridgehead atoms. The molecule has 202 valence electrons. The Morgan fingerprint density at radius 3 is 2.42 bits per heavy atom. The van der Waals surface area contributed by atoms with E-state index in [1.54, 1.807) is 24.3 Å². The molecule has 0 saturated carbocycles. The van der Waals surface area contributed by atoms with Crippen LogP contribution in [0, 0.1) is 23.0 Å². The van der Waals surface area contributed by atoms with Gasteiger partial charge in [0.1, 0.15) is 17.6 Å². The molecule has 1 fully saturated rings. The summed E-state index contributed by atoms with van der Waals surface area (Å²) in [5.74, 6) is -2.60. The molecule has 2 aliphatic rings. The molecule has 0 aliphatic carbocycles. The van der Waals surface area contributed by atoms with Crippen molar-refractivity contribution in [3.63, 3.8) is 0 Å². The second kappa shape index (κ2) is 9.92. The highest BCUT2D eigenvalue weighted by Gasteiger charge is 2.57. The number of benzene rings is 2. The number of fused-ring (bicyclic) bond motifs is 2. The third-order valence-corrected chi connectivity index (χ3v) is 9.46. The quantitative estimate of drug-likeness (QED) is 0.205. The lowest BCUT2D eigenvalue weighted by Gasteiger charge is -2.29. The minimum absolute atomic E-state index is 0.168. The molecule has 11 nitrogen and oxygen atoms in total. The number of carbonyl (C=O) groups is 3. The van der Waals surface area contributed by atoms with E-state index in [-0.39, 0.29) is 22.8 Å². The SMILES string of the molecule is Cc1ccc(NC(=O)Cn2c3c(sc2=O)C(c2ccco2)C2C(=O)N(c4ccc([N+](=O)[O-])cc4)C(=O)C2S3)cc1. The van der Waals surface area contributed by atoms with Crippen LogP contribution in [0.5, 0.6) is 0 Å². The zero-order valence-electron chi connectivity index (χ0n) is 20.8. The Labute approximate surface area is 234 Å². The van der Waals surface area contributed by atoms with Gasteiger partial charge in [-0.05, 0) is 43.3 Å². The maximum Gasteiger partial charge on any atom is 0.308 e. The minimum Gasteiger partial charge on any atom is -0.469 e. The van der Waals surface area contributed by atoms with Gasteiger partial charge in [0.15, 0.2) is 0 Å². The smallest absolute Gasteiger partial charge is 0.308 e. The van der Waals surface area contributed by atoms with Crippen molar-refractivity contribution in [2.75, 3.05) is 10.2 Å². The summed E-state index contributed by atoms with van der Waals surface area (Å²) >= 11 is 1.99. The predicted molar refractivity (Wildman–Crippen MR) is 148 cm³/mol.